The molecule has 1 heterocycles. The maximum Gasteiger partial charge on any atom is 0.326 e. The van der Waals surface area contributed by atoms with E-state index in [1.165, 1.54) is 11.1 Å². The predicted molar refractivity (Wildman–Crippen MR) is 179 cm³/mol. The molecule has 1 atom stereocenters. The molecule has 6 heteroatoms. The van der Waals surface area contributed by atoms with E-state index in [0.717, 1.165) is 62.7 Å². The second-order valence-corrected chi connectivity index (χ2v) is 14.8. The number of benzene rings is 4. The minimum atomic E-state index is -1.48. The molecule has 0 saturated carbocycles. The van der Waals surface area contributed by atoms with Gasteiger partial charge in [0, 0.05) is 23.2 Å². The summed E-state index contributed by atoms with van der Waals surface area (Å²) in [4.78, 5) is 2.22. The van der Waals surface area contributed by atoms with Gasteiger partial charge in [0.1, 0.15) is 23.0 Å². The van der Waals surface area contributed by atoms with Gasteiger partial charge in [-0.25, -0.2) is 0 Å². The van der Waals surface area contributed by atoms with E-state index >= 15 is 0 Å². The van der Waals surface area contributed by atoms with Crippen molar-refractivity contribution in [3.05, 3.63) is 89.5 Å². The fourth-order valence-corrected chi connectivity index (χ4v) is 7.19. The summed E-state index contributed by atoms with van der Waals surface area (Å²) in [5.74, 6) is 3.24. The van der Waals surface area contributed by atoms with Crippen molar-refractivity contribution in [1.29, 1.82) is 0 Å². The Bertz CT molecular complexity index is 1630. The smallest absolute Gasteiger partial charge is 0.326 e. The Balaban J connectivity index is 1.81. The number of ether oxygens (including phenoxy) is 2. The second-order valence-electron chi connectivity index (χ2n) is 13.4. The van der Waals surface area contributed by atoms with Crippen LogP contribution >= 0.6 is 8.38 Å². The third kappa shape index (κ3) is 6.25. The predicted octanol–water partition coefficient (Wildman–Crippen LogP) is 9.10. The van der Waals surface area contributed by atoms with Crippen LogP contribution in [-0.2, 0) is 17.4 Å². The van der Waals surface area contributed by atoms with Gasteiger partial charge in [-0.05, 0) is 83.6 Å². The van der Waals surface area contributed by atoms with E-state index in [2.05, 4.69) is 121 Å². The van der Waals surface area contributed by atoms with Crippen LogP contribution in [0.25, 0.3) is 22.3 Å². The Kier molecular flexibility index (Phi) is 8.53. The second kappa shape index (κ2) is 11.9. The van der Waals surface area contributed by atoms with E-state index in [4.69, 9.17) is 18.5 Å². The molecular formula is C37H44NO4P. The Morgan fingerprint density at radius 2 is 1.23 bits per heavy atom. The van der Waals surface area contributed by atoms with Gasteiger partial charge in [0.05, 0.1) is 19.5 Å². The van der Waals surface area contributed by atoms with Gasteiger partial charge in [-0.3, -0.25) is 0 Å². The zero-order valence-electron chi connectivity index (χ0n) is 27.2. The number of rotatable bonds is 7. The van der Waals surface area contributed by atoms with Gasteiger partial charge in [-0.2, -0.15) is 0 Å². The molecule has 0 radical (unpaired) electrons. The van der Waals surface area contributed by atoms with Crippen molar-refractivity contribution in [3.8, 4) is 45.3 Å². The molecule has 0 aromatic heterocycles. The lowest BCUT2D eigenvalue weighted by Gasteiger charge is -2.32. The molecule has 4 aromatic carbocycles. The highest BCUT2D eigenvalue weighted by Gasteiger charge is 2.34. The molecule has 5 rings (SSSR count). The fourth-order valence-electron chi connectivity index (χ4n) is 5.65. The van der Waals surface area contributed by atoms with Crippen LogP contribution in [0.5, 0.6) is 23.0 Å². The Labute approximate surface area is 258 Å². The van der Waals surface area contributed by atoms with Gasteiger partial charge in [0.2, 0.25) is 0 Å². The summed E-state index contributed by atoms with van der Waals surface area (Å²) in [6, 6.07) is 25.1. The highest BCUT2D eigenvalue weighted by Crippen LogP contribution is 2.54. The van der Waals surface area contributed by atoms with Crippen LogP contribution in [-0.4, -0.2) is 33.2 Å². The number of para-hydroxylation sites is 1. The van der Waals surface area contributed by atoms with Crippen LogP contribution in [0.15, 0.2) is 72.8 Å². The monoisotopic (exact) mass is 597 g/mol. The molecule has 0 amide bonds. The first kappa shape index (κ1) is 30.9. The summed E-state index contributed by atoms with van der Waals surface area (Å²) in [6.07, 6.45) is 0. The quantitative estimate of drug-likeness (QED) is 0.199. The lowest BCUT2D eigenvalue weighted by Crippen LogP contribution is -2.21. The number of methoxy groups -OCH3 is 2. The van der Waals surface area contributed by atoms with Crippen LogP contribution in [0.1, 0.15) is 58.2 Å². The third-order valence-electron chi connectivity index (χ3n) is 7.77. The van der Waals surface area contributed by atoms with Crippen molar-refractivity contribution in [2.24, 2.45) is 0 Å². The van der Waals surface area contributed by atoms with E-state index in [1.807, 2.05) is 12.1 Å². The third-order valence-corrected chi connectivity index (χ3v) is 9.27. The summed E-state index contributed by atoms with van der Waals surface area (Å²) in [5, 5.41) is 1.06. The van der Waals surface area contributed by atoms with Crippen molar-refractivity contribution < 1.29 is 18.5 Å². The average molecular weight is 598 g/mol. The molecular weight excluding hydrogens is 553 g/mol. The normalized spacial score (nSPS) is 14.5. The van der Waals surface area contributed by atoms with Crippen LogP contribution in [0, 0.1) is 0 Å². The molecule has 43 heavy (non-hydrogen) atoms. The van der Waals surface area contributed by atoms with Crippen molar-refractivity contribution in [2.75, 3.05) is 28.3 Å². The molecule has 0 bridgehead atoms. The number of hydrogen-bond donors (Lipinski definition) is 0. The van der Waals surface area contributed by atoms with Crippen LogP contribution in [0.4, 0.5) is 0 Å². The van der Waals surface area contributed by atoms with Gasteiger partial charge in [-0.1, -0.05) is 77.9 Å². The van der Waals surface area contributed by atoms with E-state index in [9.17, 15) is 0 Å². The van der Waals surface area contributed by atoms with Crippen molar-refractivity contribution in [3.63, 3.8) is 0 Å². The SMILES string of the molecule is COc1cc(-c2cc(OC)cc(C(C)(C)C)c2OP2Oc3ccccc3-c3ccccc32)c(CN(C)C)c(C(C)(C)C)c1. The van der Waals surface area contributed by atoms with Gasteiger partial charge in [0.25, 0.3) is 0 Å². The average Bonchev–Trinajstić information content (AvgIpc) is 2.96. The maximum atomic E-state index is 7.17. The minimum Gasteiger partial charge on any atom is -0.497 e. The van der Waals surface area contributed by atoms with Gasteiger partial charge in [0.15, 0.2) is 0 Å². The molecule has 5 nitrogen and oxygen atoms in total. The first-order valence-electron chi connectivity index (χ1n) is 14.8. The highest BCUT2D eigenvalue weighted by atomic mass is 31.2. The molecule has 0 saturated heterocycles. The Hall–Kier alpha value is -3.53. The Morgan fingerprint density at radius 3 is 1.84 bits per heavy atom. The number of fused-ring (bicyclic) bond motifs is 3. The van der Waals surface area contributed by atoms with E-state index in [-0.39, 0.29) is 10.8 Å². The number of hydrogen-bond acceptors (Lipinski definition) is 5. The van der Waals surface area contributed by atoms with Crippen molar-refractivity contribution >= 4 is 13.7 Å². The summed E-state index contributed by atoms with van der Waals surface area (Å²) >= 11 is 0. The van der Waals surface area contributed by atoms with E-state index < -0.39 is 8.38 Å². The molecule has 0 aliphatic carbocycles. The highest BCUT2D eigenvalue weighted by molar-refractivity contribution is 7.57. The van der Waals surface area contributed by atoms with Crippen molar-refractivity contribution in [2.45, 2.75) is 58.9 Å². The molecule has 1 aliphatic rings. The summed E-state index contributed by atoms with van der Waals surface area (Å²) in [6.45, 7) is 14.1. The minimum absolute atomic E-state index is 0.111. The molecule has 226 valence electrons. The van der Waals surface area contributed by atoms with Crippen LogP contribution in [0.2, 0.25) is 0 Å². The molecule has 0 N–H and O–H groups in total. The maximum absolute atomic E-state index is 7.17. The standard InChI is InChI=1S/C37H44NO4P/c1-36(2,3)31-21-24(39-9)19-28(30(31)23-38(7)8)29-20-25(40-10)22-32(37(4,5)6)35(29)42-43-34-18-14-12-16-27(34)26-15-11-13-17-33(26)41-43/h11-22H,23H2,1-10H3. The van der Waals surface area contributed by atoms with Gasteiger partial charge >= 0.3 is 8.38 Å². The van der Waals surface area contributed by atoms with Crippen molar-refractivity contribution in [1.82, 2.24) is 4.90 Å². The molecule has 0 fully saturated rings. The summed E-state index contributed by atoms with van der Waals surface area (Å²) in [7, 11) is 6.19. The zero-order chi connectivity index (χ0) is 31.1. The van der Waals surface area contributed by atoms with Crippen LogP contribution in [0.3, 0.4) is 0 Å². The first-order chi connectivity index (χ1) is 20.3. The fraction of sp³-hybridized carbons (Fsp3) is 0.351. The topological polar surface area (TPSA) is 40.2 Å². The molecule has 1 aliphatic heterocycles. The Morgan fingerprint density at radius 1 is 0.674 bits per heavy atom. The summed E-state index contributed by atoms with van der Waals surface area (Å²) in [5.41, 5.74) is 7.44. The lowest BCUT2D eigenvalue weighted by atomic mass is 9.79. The zero-order valence-corrected chi connectivity index (χ0v) is 28.1. The van der Waals surface area contributed by atoms with E-state index in [1.54, 1.807) is 14.2 Å². The first-order valence-corrected chi connectivity index (χ1v) is 15.9. The lowest BCUT2D eigenvalue weighted by molar-refractivity contribution is 0.393. The molecule has 1 unspecified atom stereocenters. The molecule has 0 spiro atoms. The van der Waals surface area contributed by atoms with Gasteiger partial charge in [-0.15, -0.1) is 0 Å². The van der Waals surface area contributed by atoms with Crippen LogP contribution < -0.4 is 23.8 Å². The largest absolute Gasteiger partial charge is 0.497 e. The summed E-state index contributed by atoms with van der Waals surface area (Å²) < 4.78 is 25.7. The number of nitrogens with zero attached hydrogens (tertiary/aromatic N) is 1. The van der Waals surface area contributed by atoms with Gasteiger partial charge < -0.3 is 23.4 Å². The van der Waals surface area contributed by atoms with E-state index in [0.29, 0.717) is 0 Å². The molecule has 4 aromatic rings.